The van der Waals surface area contributed by atoms with Gasteiger partial charge in [-0.05, 0) is 42.0 Å². The van der Waals surface area contributed by atoms with Gasteiger partial charge in [0.25, 0.3) is 5.91 Å². The Morgan fingerprint density at radius 3 is 2.24 bits per heavy atom. The lowest BCUT2D eigenvalue weighted by molar-refractivity contribution is -0.325. The monoisotopic (exact) mass is 671 g/mol. The number of carbonyl (C=O) groups is 1. The van der Waals surface area contributed by atoms with Crippen molar-refractivity contribution >= 4 is 21.7 Å². The second-order valence-corrected chi connectivity index (χ2v) is 12.5. The summed E-state index contributed by atoms with van der Waals surface area (Å²) in [6.07, 6.45) is -8.09. The Morgan fingerprint density at radius 2 is 1.70 bits per heavy atom. The third-order valence-electron chi connectivity index (χ3n) is 7.08. The Hall–Kier alpha value is -4.43. The van der Waals surface area contributed by atoms with Crippen LogP contribution in [0.15, 0.2) is 65.8 Å². The first-order valence-corrected chi connectivity index (χ1v) is 15.4. The van der Waals surface area contributed by atoms with Gasteiger partial charge in [0, 0.05) is 18.8 Å². The lowest BCUT2D eigenvalue weighted by atomic mass is 10.0. The molecule has 1 aliphatic rings. The highest BCUT2D eigenvalue weighted by atomic mass is 32.2. The topological polar surface area (TPSA) is 135 Å². The largest absolute Gasteiger partial charge is 0.522 e. The van der Waals surface area contributed by atoms with Gasteiger partial charge in [-0.15, -0.1) is 13.2 Å². The summed E-state index contributed by atoms with van der Waals surface area (Å²) in [4.78, 5) is 22.7. The minimum atomic E-state index is -4.93. The van der Waals surface area contributed by atoms with Crippen molar-refractivity contribution in [3.63, 3.8) is 0 Å². The summed E-state index contributed by atoms with van der Waals surface area (Å²) in [5.41, 5.74) is -0.441. The second-order valence-electron chi connectivity index (χ2n) is 10.2. The highest BCUT2D eigenvalue weighted by molar-refractivity contribution is 7.91. The molecule has 46 heavy (non-hydrogen) atoms. The zero-order valence-electron chi connectivity index (χ0n) is 24.0. The normalized spacial score (nSPS) is 17.7. The number of alkyl halides is 6. The summed E-state index contributed by atoms with van der Waals surface area (Å²) in [6, 6.07) is 9.84. The molecular weight excluding hydrogens is 644 g/mol. The molecule has 3 aromatic rings. The molecule has 0 radical (unpaired) electrons. The molecular formula is C29H27F6N5O5S. The van der Waals surface area contributed by atoms with Crippen molar-refractivity contribution in [3.8, 4) is 11.8 Å². The molecule has 3 atom stereocenters. The number of halogens is 6. The third-order valence-corrected chi connectivity index (χ3v) is 8.83. The molecule has 1 saturated heterocycles. The lowest BCUT2D eigenvalue weighted by Gasteiger charge is -2.24. The Balaban J connectivity index is 1.47. The summed E-state index contributed by atoms with van der Waals surface area (Å²) in [7, 11) is -3.45. The second kappa shape index (κ2) is 13.9. The molecule has 1 amide bonds. The van der Waals surface area contributed by atoms with Crippen molar-refractivity contribution < 1.29 is 49.0 Å². The summed E-state index contributed by atoms with van der Waals surface area (Å²) in [5, 5.41) is 11.9. The fraction of sp³-hybridized carbons (Fsp3) is 0.379. The minimum absolute atomic E-state index is 0.00309. The van der Waals surface area contributed by atoms with Crippen molar-refractivity contribution in [1.29, 1.82) is 5.26 Å². The third kappa shape index (κ3) is 8.85. The van der Waals surface area contributed by atoms with Gasteiger partial charge in [-0.1, -0.05) is 19.1 Å². The van der Waals surface area contributed by atoms with Crippen LogP contribution in [0.25, 0.3) is 0 Å². The van der Waals surface area contributed by atoms with Gasteiger partial charge >= 0.3 is 12.5 Å². The van der Waals surface area contributed by atoms with Crippen molar-refractivity contribution in [3.05, 3.63) is 77.6 Å². The number of hydrogen-bond donors (Lipinski definition) is 1. The number of hydrogen-bond acceptors (Lipinski definition) is 9. The highest BCUT2D eigenvalue weighted by Crippen LogP contribution is 2.32. The number of carbonyl (C=O) groups excluding carboxylic acids is 1. The van der Waals surface area contributed by atoms with Crippen LogP contribution in [0.5, 0.6) is 5.75 Å². The van der Waals surface area contributed by atoms with E-state index in [9.17, 15) is 44.8 Å². The summed E-state index contributed by atoms with van der Waals surface area (Å²) in [5.74, 6) is -0.732. The van der Waals surface area contributed by atoms with E-state index in [0.717, 1.165) is 36.7 Å². The first-order valence-electron chi connectivity index (χ1n) is 13.7. The number of nitriles is 1. The fourth-order valence-electron chi connectivity index (χ4n) is 4.71. The Morgan fingerprint density at radius 1 is 1.07 bits per heavy atom. The Labute approximate surface area is 259 Å². The molecule has 0 unspecified atom stereocenters. The van der Waals surface area contributed by atoms with E-state index in [1.165, 1.54) is 36.1 Å². The molecule has 1 aliphatic heterocycles. The van der Waals surface area contributed by atoms with E-state index in [4.69, 9.17) is 4.74 Å². The van der Waals surface area contributed by atoms with E-state index >= 15 is 0 Å². The van der Waals surface area contributed by atoms with Gasteiger partial charge in [-0.3, -0.25) is 9.53 Å². The van der Waals surface area contributed by atoms with Gasteiger partial charge in [-0.2, -0.15) is 18.4 Å². The Kier molecular flexibility index (Phi) is 10.4. The number of nitrogens with one attached hydrogen (secondary N) is 1. The quantitative estimate of drug-likeness (QED) is 0.272. The molecule has 0 spiro atoms. The molecule has 0 saturated carbocycles. The zero-order chi connectivity index (χ0) is 33.7. The SMILES string of the molecule is CCS(=O)(=O)c1ccc([C@H](CC#N)NC(=O)c2cnc(N3C[C@H](Oc4ccc(C(F)(F)F)cc4)C[C@H]3COC(F)(F)F)nc2)cc1. The van der Waals surface area contributed by atoms with E-state index in [0.29, 0.717) is 5.56 Å². The first-order chi connectivity index (χ1) is 21.6. The maximum Gasteiger partial charge on any atom is 0.522 e. The number of ether oxygens (including phenoxy) is 2. The molecule has 1 aromatic heterocycles. The maximum absolute atomic E-state index is 13.0. The number of aromatic nitrogens is 2. The first kappa shape index (κ1) is 34.4. The standard InChI is InChI=1S/C29H27F6N5O5S/c1-2-46(42,43)24-9-3-18(4-10-24)25(11-12-36)39-26(41)19-14-37-27(38-15-19)40-16-23(13-21(40)17-44-29(33,34)35)45-22-7-5-20(6-8-22)28(30,31)32/h3-10,14-15,21,23,25H,2,11,13,16-17H2,1H3,(H,39,41)/t21-,23+,25-/m0/s1. The molecule has 0 bridgehead atoms. The van der Waals surface area contributed by atoms with Gasteiger partial charge in [0.15, 0.2) is 9.84 Å². The highest BCUT2D eigenvalue weighted by Gasteiger charge is 2.39. The number of nitrogens with zero attached hydrogens (tertiary/aromatic N) is 4. The summed E-state index contributed by atoms with van der Waals surface area (Å²) >= 11 is 0. The molecule has 1 fully saturated rings. The average molecular weight is 672 g/mol. The van der Waals surface area contributed by atoms with E-state index in [-0.39, 0.29) is 47.3 Å². The molecule has 4 rings (SSSR count). The van der Waals surface area contributed by atoms with E-state index in [1.54, 1.807) is 0 Å². The van der Waals surface area contributed by atoms with Crippen LogP contribution in [0.4, 0.5) is 32.3 Å². The van der Waals surface area contributed by atoms with Crippen molar-refractivity contribution in [2.75, 3.05) is 23.8 Å². The molecule has 0 aliphatic carbocycles. The zero-order valence-corrected chi connectivity index (χ0v) is 24.9. The number of amides is 1. The van der Waals surface area contributed by atoms with Gasteiger partial charge in [0.2, 0.25) is 5.95 Å². The Bertz CT molecular complexity index is 1640. The number of rotatable bonds is 11. The number of benzene rings is 2. The van der Waals surface area contributed by atoms with Gasteiger partial charge in [-0.25, -0.2) is 18.4 Å². The molecule has 2 heterocycles. The van der Waals surface area contributed by atoms with Crippen LogP contribution in [0.1, 0.15) is 47.3 Å². The van der Waals surface area contributed by atoms with Crippen LogP contribution in [0, 0.1) is 11.3 Å². The van der Waals surface area contributed by atoms with Crippen LogP contribution in [-0.4, -0.2) is 61.7 Å². The molecule has 17 heteroatoms. The van der Waals surface area contributed by atoms with Crippen LogP contribution in [-0.2, 0) is 20.8 Å². The number of anilines is 1. The van der Waals surface area contributed by atoms with Crippen molar-refractivity contribution in [2.45, 2.75) is 55.4 Å². The van der Waals surface area contributed by atoms with Crippen molar-refractivity contribution in [2.24, 2.45) is 0 Å². The van der Waals surface area contributed by atoms with E-state index in [2.05, 4.69) is 20.0 Å². The maximum atomic E-state index is 13.0. The summed E-state index contributed by atoms with van der Waals surface area (Å²) in [6.45, 7) is 0.660. The lowest BCUT2D eigenvalue weighted by Crippen LogP contribution is -2.36. The van der Waals surface area contributed by atoms with Crippen LogP contribution < -0.4 is 15.0 Å². The van der Waals surface area contributed by atoms with Gasteiger partial charge in [0.1, 0.15) is 11.9 Å². The molecule has 246 valence electrons. The smallest absolute Gasteiger partial charge is 0.489 e. The fourth-order valence-corrected chi connectivity index (χ4v) is 5.60. The average Bonchev–Trinajstić information content (AvgIpc) is 3.42. The van der Waals surface area contributed by atoms with Crippen LogP contribution >= 0.6 is 0 Å². The minimum Gasteiger partial charge on any atom is -0.489 e. The number of sulfone groups is 1. The predicted octanol–water partition coefficient (Wildman–Crippen LogP) is 5.24. The van der Waals surface area contributed by atoms with Crippen molar-refractivity contribution in [1.82, 2.24) is 15.3 Å². The van der Waals surface area contributed by atoms with E-state index in [1.807, 2.05) is 6.07 Å². The van der Waals surface area contributed by atoms with E-state index < -0.39 is 58.6 Å². The van der Waals surface area contributed by atoms with Gasteiger partial charge < -0.3 is 15.0 Å². The molecule has 1 N–H and O–H groups in total. The van der Waals surface area contributed by atoms with Crippen LogP contribution in [0.3, 0.4) is 0 Å². The van der Waals surface area contributed by atoms with Gasteiger partial charge in [0.05, 0.1) is 59.5 Å². The molecule has 2 aromatic carbocycles. The van der Waals surface area contributed by atoms with Crippen LogP contribution in [0.2, 0.25) is 0 Å². The predicted molar refractivity (Wildman–Crippen MR) is 150 cm³/mol. The summed E-state index contributed by atoms with van der Waals surface area (Å²) < 4.78 is 111. The molecule has 10 nitrogen and oxygen atoms in total.